The summed E-state index contributed by atoms with van der Waals surface area (Å²) in [6.07, 6.45) is 2.45. The topological polar surface area (TPSA) is 102 Å². The molecule has 1 aliphatic rings. The summed E-state index contributed by atoms with van der Waals surface area (Å²) in [5, 5.41) is 10.3. The fourth-order valence-electron chi connectivity index (χ4n) is 3.43. The number of phenolic OH excluding ortho intramolecular Hbond substituents is 1. The molecule has 0 radical (unpaired) electrons. The summed E-state index contributed by atoms with van der Waals surface area (Å²) >= 11 is 5.94. The van der Waals surface area contributed by atoms with Crippen molar-refractivity contribution in [2.24, 2.45) is 0 Å². The van der Waals surface area contributed by atoms with Crippen molar-refractivity contribution in [3.63, 3.8) is 0 Å². The number of hydrogen-bond donors (Lipinski definition) is 2. The Morgan fingerprint density at radius 1 is 1.28 bits per heavy atom. The summed E-state index contributed by atoms with van der Waals surface area (Å²) < 4.78 is 49.4. The number of aromatic hydroxyl groups is 1. The average Bonchev–Trinajstić information content (AvgIpc) is 2.86. The van der Waals surface area contributed by atoms with Gasteiger partial charge in [-0.05, 0) is 61.6 Å². The molecule has 7 nitrogen and oxygen atoms in total. The molecule has 1 atom stereocenters. The van der Waals surface area contributed by atoms with Crippen LogP contribution in [0.2, 0.25) is 5.02 Å². The Morgan fingerprint density at radius 2 is 2.07 bits per heavy atom. The zero-order valence-corrected chi connectivity index (χ0v) is 17.5. The van der Waals surface area contributed by atoms with Crippen LogP contribution < -0.4 is 9.47 Å². The molecule has 0 aromatic heterocycles. The van der Waals surface area contributed by atoms with Gasteiger partial charge in [-0.25, -0.2) is 0 Å². The number of hydrogen-bond acceptors (Lipinski definition) is 6. The first-order valence-electron chi connectivity index (χ1n) is 9.18. The maximum atomic E-state index is 11.5. The number of benzene rings is 2. The van der Waals surface area contributed by atoms with Crippen molar-refractivity contribution in [3.05, 3.63) is 46.5 Å². The lowest BCUT2D eigenvalue weighted by Crippen LogP contribution is -2.23. The van der Waals surface area contributed by atoms with Crippen LogP contribution in [0.1, 0.15) is 24.0 Å². The summed E-state index contributed by atoms with van der Waals surface area (Å²) in [5.74, 6) is 1.18. The number of rotatable bonds is 7. The lowest BCUT2D eigenvalue weighted by molar-refractivity contribution is 0.0486. The van der Waals surface area contributed by atoms with Crippen LogP contribution in [0.25, 0.3) is 0 Å². The Labute approximate surface area is 174 Å². The van der Waals surface area contributed by atoms with Crippen LogP contribution in [-0.4, -0.2) is 44.5 Å². The first kappa shape index (κ1) is 21.7. The van der Waals surface area contributed by atoms with E-state index >= 15 is 0 Å². The van der Waals surface area contributed by atoms with Gasteiger partial charge in [0, 0.05) is 10.6 Å². The van der Waals surface area contributed by atoms with Crippen molar-refractivity contribution in [1.29, 1.82) is 0 Å². The maximum absolute atomic E-state index is 11.5. The minimum absolute atomic E-state index is 0.0840. The van der Waals surface area contributed by atoms with E-state index in [0.717, 1.165) is 24.8 Å². The second kappa shape index (κ2) is 9.21. The van der Waals surface area contributed by atoms with Crippen molar-refractivity contribution in [2.75, 3.05) is 20.3 Å². The molecule has 2 aromatic carbocycles. The maximum Gasteiger partial charge on any atom is 0.294 e. The molecule has 9 heteroatoms. The Kier molecular flexibility index (Phi) is 6.89. The Morgan fingerprint density at radius 3 is 2.79 bits per heavy atom. The molecule has 29 heavy (non-hydrogen) atoms. The summed E-state index contributed by atoms with van der Waals surface area (Å²) in [6, 6.07) is 7.46. The molecule has 0 bridgehead atoms. The van der Waals surface area contributed by atoms with Crippen LogP contribution in [-0.2, 0) is 27.7 Å². The monoisotopic (exact) mass is 442 g/mol. The number of halogens is 1. The largest absolute Gasteiger partial charge is 0.504 e. The highest BCUT2D eigenvalue weighted by molar-refractivity contribution is 7.85. The first-order chi connectivity index (χ1) is 13.8. The molecule has 3 rings (SSSR count). The van der Waals surface area contributed by atoms with Gasteiger partial charge in [-0.1, -0.05) is 11.6 Å². The van der Waals surface area contributed by atoms with Crippen LogP contribution >= 0.6 is 11.6 Å². The van der Waals surface area contributed by atoms with E-state index in [-0.39, 0.29) is 29.8 Å². The standard InChI is InChI=1S/C20H23ClO7S/c1-26-20-16-4-2-3-15(28-18(16)7-6-17(20)22)12-27-10-9-13-11-14(21)5-8-19(13)29(23,24)25/h5-8,11,15,22H,2-4,9-10,12H2,1H3,(H,23,24,25). The highest BCUT2D eigenvalue weighted by Crippen LogP contribution is 2.39. The van der Waals surface area contributed by atoms with Crippen LogP contribution in [0.5, 0.6) is 17.2 Å². The molecule has 2 aromatic rings. The summed E-state index contributed by atoms with van der Waals surface area (Å²) in [4.78, 5) is -0.169. The van der Waals surface area contributed by atoms with Gasteiger partial charge in [0.15, 0.2) is 11.5 Å². The van der Waals surface area contributed by atoms with Crippen LogP contribution in [0.15, 0.2) is 35.2 Å². The Balaban J connectivity index is 1.60. The summed E-state index contributed by atoms with van der Waals surface area (Å²) in [6.45, 7) is 0.568. The number of methoxy groups -OCH3 is 1. The van der Waals surface area contributed by atoms with Crippen LogP contribution in [0.4, 0.5) is 0 Å². The molecule has 1 heterocycles. The van der Waals surface area contributed by atoms with Crippen molar-refractivity contribution >= 4 is 21.7 Å². The van der Waals surface area contributed by atoms with E-state index in [0.29, 0.717) is 28.7 Å². The SMILES string of the molecule is COc1c(O)ccc2c1CCCC(COCCc1cc(Cl)ccc1S(=O)(=O)O)O2. The lowest BCUT2D eigenvalue weighted by Gasteiger charge is -2.19. The smallest absolute Gasteiger partial charge is 0.294 e. The lowest BCUT2D eigenvalue weighted by atomic mass is 10.1. The molecule has 0 spiro atoms. The van der Waals surface area contributed by atoms with E-state index in [1.807, 2.05) is 0 Å². The van der Waals surface area contributed by atoms with Gasteiger partial charge in [0.1, 0.15) is 11.9 Å². The van der Waals surface area contributed by atoms with Gasteiger partial charge in [0.05, 0.1) is 25.2 Å². The van der Waals surface area contributed by atoms with E-state index in [2.05, 4.69) is 0 Å². The highest BCUT2D eigenvalue weighted by Gasteiger charge is 2.23. The third kappa shape index (κ3) is 5.33. The highest BCUT2D eigenvalue weighted by atomic mass is 35.5. The van der Waals surface area contributed by atoms with Crippen molar-refractivity contribution in [2.45, 2.75) is 36.7 Å². The van der Waals surface area contributed by atoms with E-state index in [4.69, 9.17) is 25.8 Å². The second-order valence-electron chi connectivity index (χ2n) is 6.78. The second-order valence-corrected chi connectivity index (χ2v) is 8.61. The van der Waals surface area contributed by atoms with Crippen molar-refractivity contribution in [3.8, 4) is 17.2 Å². The summed E-state index contributed by atoms with van der Waals surface area (Å²) in [5.41, 5.74) is 1.24. The molecule has 0 saturated carbocycles. The number of fused-ring (bicyclic) bond motifs is 1. The van der Waals surface area contributed by atoms with Gasteiger partial charge in [-0.15, -0.1) is 0 Å². The van der Waals surface area contributed by atoms with Gasteiger partial charge in [0.2, 0.25) is 0 Å². The molecule has 0 saturated heterocycles. The quantitative estimate of drug-likeness (QED) is 0.498. The van der Waals surface area contributed by atoms with Gasteiger partial charge < -0.3 is 19.3 Å². The van der Waals surface area contributed by atoms with E-state index in [1.54, 1.807) is 6.07 Å². The van der Waals surface area contributed by atoms with Gasteiger partial charge in [-0.3, -0.25) is 4.55 Å². The molecule has 0 amide bonds. The molecule has 158 valence electrons. The number of ether oxygens (including phenoxy) is 3. The third-order valence-corrected chi connectivity index (χ3v) is 5.96. The van der Waals surface area contributed by atoms with Crippen LogP contribution in [0.3, 0.4) is 0 Å². The molecule has 1 aliphatic heterocycles. The normalized spacial score (nSPS) is 16.6. The third-order valence-electron chi connectivity index (χ3n) is 4.77. The number of phenols is 1. The van der Waals surface area contributed by atoms with E-state index in [9.17, 15) is 18.1 Å². The Hall–Kier alpha value is -2.00. The molecule has 0 fully saturated rings. The summed E-state index contributed by atoms with van der Waals surface area (Å²) in [7, 11) is -2.82. The fourth-order valence-corrected chi connectivity index (χ4v) is 4.35. The predicted octanol–water partition coefficient (Wildman–Crippen LogP) is 3.64. The first-order valence-corrected chi connectivity index (χ1v) is 11.0. The minimum Gasteiger partial charge on any atom is -0.504 e. The zero-order valence-electron chi connectivity index (χ0n) is 15.9. The molecule has 1 unspecified atom stereocenters. The Bertz CT molecular complexity index is 975. The van der Waals surface area contributed by atoms with Crippen LogP contribution in [0, 0.1) is 0 Å². The van der Waals surface area contributed by atoms with E-state index in [1.165, 1.54) is 31.4 Å². The van der Waals surface area contributed by atoms with Crippen molar-refractivity contribution in [1.82, 2.24) is 0 Å². The predicted molar refractivity (Wildman–Crippen MR) is 108 cm³/mol. The average molecular weight is 443 g/mol. The van der Waals surface area contributed by atoms with E-state index < -0.39 is 10.1 Å². The van der Waals surface area contributed by atoms with Crippen molar-refractivity contribution < 1.29 is 32.3 Å². The van der Waals surface area contributed by atoms with Gasteiger partial charge >= 0.3 is 0 Å². The molecule has 2 N–H and O–H groups in total. The van der Waals surface area contributed by atoms with Gasteiger partial charge in [-0.2, -0.15) is 8.42 Å². The molecular formula is C20H23ClO7S. The minimum atomic E-state index is -4.33. The fraction of sp³-hybridized carbons (Fsp3) is 0.400. The molecular weight excluding hydrogens is 420 g/mol. The van der Waals surface area contributed by atoms with Gasteiger partial charge in [0.25, 0.3) is 10.1 Å². The molecule has 0 aliphatic carbocycles. The zero-order chi connectivity index (χ0) is 21.0.